The van der Waals surface area contributed by atoms with Gasteiger partial charge < -0.3 is 10.2 Å². The van der Waals surface area contributed by atoms with Gasteiger partial charge in [-0.2, -0.15) is 0 Å². The summed E-state index contributed by atoms with van der Waals surface area (Å²) in [5.41, 5.74) is 0. The topological polar surface area (TPSA) is 15.3 Å². The van der Waals surface area contributed by atoms with E-state index in [9.17, 15) is 0 Å². The summed E-state index contributed by atoms with van der Waals surface area (Å²) >= 11 is 0. The van der Waals surface area contributed by atoms with E-state index in [1.165, 1.54) is 51.7 Å². The summed E-state index contributed by atoms with van der Waals surface area (Å²) < 4.78 is 0. The van der Waals surface area contributed by atoms with Gasteiger partial charge in [-0.25, -0.2) is 0 Å². The van der Waals surface area contributed by atoms with E-state index in [0.717, 1.165) is 23.8 Å². The molecule has 0 aromatic heterocycles. The molecular formula is C15H30N2. The SMILES string of the molecule is CNC(CN1CC(C)CC(C)C1)C1CCCC1. The highest BCUT2D eigenvalue weighted by Crippen LogP contribution is 2.29. The second-order valence-electron chi connectivity index (χ2n) is 6.60. The van der Waals surface area contributed by atoms with Gasteiger partial charge in [-0.1, -0.05) is 26.7 Å². The molecule has 2 fully saturated rings. The average molecular weight is 238 g/mol. The van der Waals surface area contributed by atoms with Crippen molar-refractivity contribution in [2.24, 2.45) is 17.8 Å². The number of hydrogen-bond donors (Lipinski definition) is 1. The Morgan fingerprint density at radius 2 is 1.71 bits per heavy atom. The van der Waals surface area contributed by atoms with E-state index in [-0.39, 0.29) is 0 Å². The molecule has 1 aliphatic heterocycles. The van der Waals surface area contributed by atoms with E-state index in [2.05, 4.69) is 31.1 Å². The highest BCUT2D eigenvalue weighted by Gasteiger charge is 2.28. The van der Waals surface area contributed by atoms with Crippen LogP contribution in [0.3, 0.4) is 0 Å². The second-order valence-corrected chi connectivity index (χ2v) is 6.60. The van der Waals surface area contributed by atoms with Crippen LogP contribution in [0.25, 0.3) is 0 Å². The molecule has 3 atom stereocenters. The van der Waals surface area contributed by atoms with Crippen molar-refractivity contribution in [2.75, 3.05) is 26.7 Å². The molecule has 2 rings (SSSR count). The quantitative estimate of drug-likeness (QED) is 0.810. The standard InChI is InChI=1S/C15H30N2/c1-12-8-13(2)10-17(9-12)11-15(16-3)14-6-4-5-7-14/h12-16H,4-11H2,1-3H3. The summed E-state index contributed by atoms with van der Waals surface area (Å²) in [6.45, 7) is 8.72. The van der Waals surface area contributed by atoms with Crippen LogP contribution in [-0.2, 0) is 0 Å². The minimum atomic E-state index is 0.731. The normalized spacial score (nSPS) is 34.1. The lowest BCUT2D eigenvalue weighted by atomic mass is 9.90. The third kappa shape index (κ3) is 3.69. The van der Waals surface area contributed by atoms with Crippen LogP contribution in [0.1, 0.15) is 46.0 Å². The molecule has 2 heteroatoms. The van der Waals surface area contributed by atoms with Crippen molar-refractivity contribution in [1.29, 1.82) is 0 Å². The van der Waals surface area contributed by atoms with Crippen LogP contribution >= 0.6 is 0 Å². The van der Waals surface area contributed by atoms with Gasteiger partial charge in [-0.05, 0) is 44.1 Å². The van der Waals surface area contributed by atoms with Crippen molar-refractivity contribution in [3.05, 3.63) is 0 Å². The van der Waals surface area contributed by atoms with E-state index in [1.807, 2.05) is 0 Å². The van der Waals surface area contributed by atoms with Crippen molar-refractivity contribution in [3.63, 3.8) is 0 Å². The maximum absolute atomic E-state index is 3.58. The minimum Gasteiger partial charge on any atom is -0.315 e. The lowest BCUT2D eigenvalue weighted by Crippen LogP contribution is -2.48. The Balaban J connectivity index is 1.84. The van der Waals surface area contributed by atoms with Gasteiger partial charge in [0.25, 0.3) is 0 Å². The lowest BCUT2D eigenvalue weighted by molar-refractivity contribution is 0.119. The number of likely N-dealkylation sites (tertiary alicyclic amines) is 1. The molecule has 1 saturated carbocycles. The first-order chi connectivity index (χ1) is 8.19. The van der Waals surface area contributed by atoms with E-state index in [1.54, 1.807) is 0 Å². The fraction of sp³-hybridized carbons (Fsp3) is 1.00. The van der Waals surface area contributed by atoms with Crippen molar-refractivity contribution >= 4 is 0 Å². The van der Waals surface area contributed by atoms with E-state index < -0.39 is 0 Å². The third-order valence-electron chi connectivity index (χ3n) is 4.74. The largest absolute Gasteiger partial charge is 0.315 e. The number of nitrogens with one attached hydrogen (secondary N) is 1. The molecule has 0 radical (unpaired) electrons. The van der Waals surface area contributed by atoms with Gasteiger partial charge in [0.2, 0.25) is 0 Å². The van der Waals surface area contributed by atoms with Gasteiger partial charge >= 0.3 is 0 Å². The molecule has 0 spiro atoms. The van der Waals surface area contributed by atoms with Crippen LogP contribution in [0.15, 0.2) is 0 Å². The summed E-state index contributed by atoms with van der Waals surface area (Å²) in [6, 6.07) is 0.731. The number of piperidine rings is 1. The zero-order valence-corrected chi connectivity index (χ0v) is 11.9. The maximum Gasteiger partial charge on any atom is 0.0220 e. The smallest absolute Gasteiger partial charge is 0.0220 e. The van der Waals surface area contributed by atoms with E-state index in [4.69, 9.17) is 0 Å². The fourth-order valence-corrected chi connectivity index (χ4v) is 4.06. The summed E-state index contributed by atoms with van der Waals surface area (Å²) in [6.07, 6.45) is 7.23. The number of hydrogen-bond acceptors (Lipinski definition) is 2. The first-order valence-electron chi connectivity index (χ1n) is 7.58. The minimum absolute atomic E-state index is 0.731. The van der Waals surface area contributed by atoms with Gasteiger partial charge in [-0.15, -0.1) is 0 Å². The van der Waals surface area contributed by atoms with Crippen LogP contribution in [0.2, 0.25) is 0 Å². The van der Waals surface area contributed by atoms with Gasteiger partial charge in [-0.3, -0.25) is 0 Å². The first kappa shape index (κ1) is 13.4. The summed E-state index contributed by atoms with van der Waals surface area (Å²) in [7, 11) is 2.15. The Kier molecular flexibility index (Phi) is 4.87. The van der Waals surface area contributed by atoms with Crippen molar-refractivity contribution < 1.29 is 0 Å². The molecule has 2 aliphatic rings. The molecule has 0 amide bonds. The van der Waals surface area contributed by atoms with Gasteiger partial charge in [0.15, 0.2) is 0 Å². The second kappa shape index (κ2) is 6.19. The van der Waals surface area contributed by atoms with Crippen molar-refractivity contribution in [3.8, 4) is 0 Å². The zero-order valence-electron chi connectivity index (χ0n) is 11.9. The molecule has 3 unspecified atom stereocenters. The molecule has 17 heavy (non-hydrogen) atoms. The average Bonchev–Trinajstić information content (AvgIpc) is 2.77. The lowest BCUT2D eigenvalue weighted by Gasteiger charge is -2.38. The third-order valence-corrected chi connectivity index (χ3v) is 4.74. The Hall–Kier alpha value is -0.0800. The van der Waals surface area contributed by atoms with Crippen LogP contribution in [0.4, 0.5) is 0 Å². The van der Waals surface area contributed by atoms with E-state index >= 15 is 0 Å². The summed E-state index contributed by atoms with van der Waals surface area (Å²) in [4.78, 5) is 2.71. The molecule has 2 nitrogen and oxygen atoms in total. The van der Waals surface area contributed by atoms with Crippen molar-refractivity contribution in [1.82, 2.24) is 10.2 Å². The maximum atomic E-state index is 3.58. The molecule has 1 N–H and O–H groups in total. The predicted octanol–water partition coefficient (Wildman–Crippen LogP) is 2.74. The molecular weight excluding hydrogens is 208 g/mol. The van der Waals surface area contributed by atoms with Crippen LogP contribution in [-0.4, -0.2) is 37.6 Å². The number of likely N-dealkylation sites (N-methyl/N-ethyl adjacent to an activating group) is 1. The fourth-order valence-electron chi connectivity index (χ4n) is 4.06. The first-order valence-corrected chi connectivity index (χ1v) is 7.58. The Bertz CT molecular complexity index is 213. The van der Waals surface area contributed by atoms with Gasteiger partial charge in [0.05, 0.1) is 0 Å². The van der Waals surface area contributed by atoms with Crippen LogP contribution < -0.4 is 5.32 Å². The monoisotopic (exact) mass is 238 g/mol. The van der Waals surface area contributed by atoms with Gasteiger partial charge in [0.1, 0.15) is 0 Å². The number of rotatable bonds is 4. The molecule has 100 valence electrons. The molecule has 0 bridgehead atoms. The summed E-state index contributed by atoms with van der Waals surface area (Å²) in [5.74, 6) is 2.72. The molecule has 1 aliphatic carbocycles. The van der Waals surface area contributed by atoms with Crippen LogP contribution in [0.5, 0.6) is 0 Å². The number of nitrogens with zero attached hydrogens (tertiary/aromatic N) is 1. The van der Waals surface area contributed by atoms with Crippen molar-refractivity contribution in [2.45, 2.75) is 52.0 Å². The molecule has 1 saturated heterocycles. The summed E-state index contributed by atoms with van der Waals surface area (Å²) in [5, 5.41) is 3.58. The highest BCUT2D eigenvalue weighted by atomic mass is 15.2. The molecule has 0 aromatic rings. The zero-order chi connectivity index (χ0) is 12.3. The van der Waals surface area contributed by atoms with E-state index in [0.29, 0.717) is 0 Å². The molecule has 1 heterocycles. The predicted molar refractivity (Wildman–Crippen MR) is 74.2 cm³/mol. The Morgan fingerprint density at radius 3 is 2.24 bits per heavy atom. The Labute approximate surface area is 107 Å². The highest BCUT2D eigenvalue weighted by molar-refractivity contribution is 4.84. The Morgan fingerprint density at radius 1 is 1.12 bits per heavy atom. The van der Waals surface area contributed by atoms with Crippen LogP contribution in [0, 0.1) is 17.8 Å². The molecule has 0 aromatic carbocycles. The van der Waals surface area contributed by atoms with Gasteiger partial charge in [0, 0.05) is 25.7 Å².